The van der Waals surface area contributed by atoms with E-state index in [4.69, 9.17) is 28.9 Å². The molecule has 4 N–H and O–H groups in total. The predicted octanol–water partition coefficient (Wildman–Crippen LogP) is 5.49. The van der Waals surface area contributed by atoms with Crippen LogP contribution in [-0.2, 0) is 12.6 Å². The molecule has 1 heterocycles. The van der Waals surface area contributed by atoms with Crippen LogP contribution in [-0.4, -0.2) is 20.8 Å². The van der Waals surface area contributed by atoms with E-state index in [1.807, 2.05) is 24.3 Å². The van der Waals surface area contributed by atoms with Crippen molar-refractivity contribution in [1.82, 2.24) is 9.78 Å². The van der Waals surface area contributed by atoms with Crippen LogP contribution < -0.4 is 11.1 Å². The minimum atomic E-state index is -0.865. The van der Waals surface area contributed by atoms with E-state index in [0.29, 0.717) is 46.6 Å². The maximum Gasteiger partial charge on any atom is 0.261 e. The van der Waals surface area contributed by atoms with Gasteiger partial charge in [0.1, 0.15) is 17.2 Å². The summed E-state index contributed by atoms with van der Waals surface area (Å²) in [6.07, 6.45) is 2.96. The van der Waals surface area contributed by atoms with Crippen LogP contribution in [0.15, 0.2) is 42.5 Å². The minimum absolute atomic E-state index is 0.0609. The number of carbonyl (C=O) groups excluding carboxylic acids is 1. The number of nitrogens with one attached hydrogen (secondary N) is 1. The van der Waals surface area contributed by atoms with Crippen molar-refractivity contribution >= 4 is 40.6 Å². The lowest BCUT2D eigenvalue weighted by Crippen LogP contribution is -2.23. The lowest BCUT2D eigenvalue weighted by atomic mass is 9.87. The first-order chi connectivity index (χ1) is 16.1. The Morgan fingerprint density at radius 1 is 1.18 bits per heavy atom. The molecule has 0 bridgehead atoms. The van der Waals surface area contributed by atoms with Gasteiger partial charge >= 0.3 is 0 Å². The number of amides is 1. The highest BCUT2D eigenvalue weighted by atomic mass is 35.5. The van der Waals surface area contributed by atoms with E-state index in [9.17, 15) is 14.3 Å². The van der Waals surface area contributed by atoms with E-state index in [1.54, 1.807) is 7.05 Å². The Labute approximate surface area is 206 Å². The summed E-state index contributed by atoms with van der Waals surface area (Å²) in [6, 6.07) is 11.4. The van der Waals surface area contributed by atoms with Crippen LogP contribution in [0.2, 0.25) is 10.0 Å². The van der Waals surface area contributed by atoms with Crippen molar-refractivity contribution in [1.29, 1.82) is 0 Å². The Morgan fingerprint density at radius 2 is 1.82 bits per heavy atom. The summed E-state index contributed by atoms with van der Waals surface area (Å²) >= 11 is 11.9. The number of rotatable bonds is 4. The third-order valence-electron chi connectivity index (χ3n) is 7.33. The van der Waals surface area contributed by atoms with E-state index < -0.39 is 17.3 Å². The molecular formula is C25H25Cl2FN4O2. The lowest BCUT2D eigenvalue weighted by Gasteiger charge is -2.25. The number of halogens is 3. The quantitative estimate of drug-likeness (QED) is 0.439. The van der Waals surface area contributed by atoms with Crippen LogP contribution in [0.3, 0.4) is 0 Å². The Balaban J connectivity index is 1.35. The van der Waals surface area contributed by atoms with Crippen molar-refractivity contribution in [2.45, 2.75) is 37.2 Å². The van der Waals surface area contributed by atoms with Crippen LogP contribution in [0.1, 0.15) is 53.2 Å². The van der Waals surface area contributed by atoms with Crippen molar-refractivity contribution in [3.8, 4) is 0 Å². The van der Waals surface area contributed by atoms with Gasteiger partial charge in [-0.25, -0.2) is 4.39 Å². The van der Waals surface area contributed by atoms with Gasteiger partial charge in [0.2, 0.25) is 0 Å². The molecular weight excluding hydrogens is 478 g/mol. The number of nitrogens with two attached hydrogens (primary N) is 1. The molecule has 2 unspecified atom stereocenters. The van der Waals surface area contributed by atoms with Crippen LogP contribution >= 0.6 is 23.2 Å². The molecule has 178 valence electrons. The number of aryl methyl sites for hydroxylation is 1. The average Bonchev–Trinajstić information content (AvgIpc) is 3.41. The molecule has 0 radical (unpaired) electrons. The van der Waals surface area contributed by atoms with Crippen molar-refractivity contribution in [3.63, 3.8) is 0 Å². The molecule has 2 aliphatic carbocycles. The van der Waals surface area contributed by atoms with E-state index in [-0.39, 0.29) is 16.8 Å². The Bertz CT molecular complexity index is 1250. The monoisotopic (exact) mass is 502 g/mol. The van der Waals surface area contributed by atoms with Crippen molar-refractivity contribution in [2.24, 2.45) is 18.9 Å². The van der Waals surface area contributed by atoms with Crippen LogP contribution in [0.5, 0.6) is 0 Å². The largest absolute Gasteiger partial charge is 0.385 e. The minimum Gasteiger partial charge on any atom is -0.385 e. The first-order valence-corrected chi connectivity index (χ1v) is 12.0. The number of aromatic nitrogens is 2. The van der Waals surface area contributed by atoms with Gasteiger partial charge in [-0.2, -0.15) is 5.10 Å². The fourth-order valence-corrected chi connectivity index (χ4v) is 6.03. The number of nitrogens with zero attached hydrogens (tertiary/aromatic N) is 2. The van der Waals surface area contributed by atoms with Gasteiger partial charge in [-0.3, -0.25) is 9.48 Å². The molecule has 2 fully saturated rings. The van der Waals surface area contributed by atoms with Gasteiger partial charge in [-0.15, -0.1) is 0 Å². The number of aliphatic hydroxyl groups is 1. The highest BCUT2D eigenvalue weighted by molar-refractivity contribution is 6.31. The summed E-state index contributed by atoms with van der Waals surface area (Å²) < 4.78 is 15.0. The topological polar surface area (TPSA) is 93.2 Å². The molecule has 1 amide bonds. The van der Waals surface area contributed by atoms with E-state index >= 15 is 0 Å². The molecule has 0 spiro atoms. The number of carbonyl (C=O) groups is 1. The van der Waals surface area contributed by atoms with Gasteiger partial charge in [-0.05, 0) is 73.4 Å². The summed E-state index contributed by atoms with van der Waals surface area (Å²) in [5, 5.41) is 19.2. The maximum atomic E-state index is 13.5. The predicted molar refractivity (Wildman–Crippen MR) is 131 cm³/mol. The first kappa shape index (κ1) is 23.1. The molecule has 2 atom stereocenters. The SMILES string of the molecule is Cn1nc(C2CC3CC(O)(c4ccc(Cl)cc4)CC3C2)c(C(=O)Nc2ccc(F)c(Cl)c2)c1N. The van der Waals surface area contributed by atoms with Crippen LogP contribution in [0.25, 0.3) is 0 Å². The van der Waals surface area contributed by atoms with Gasteiger partial charge in [0, 0.05) is 23.7 Å². The number of hydrogen-bond donors (Lipinski definition) is 3. The third kappa shape index (κ3) is 4.06. The molecule has 0 aliphatic heterocycles. The van der Waals surface area contributed by atoms with Gasteiger partial charge in [-0.1, -0.05) is 35.3 Å². The Kier molecular flexibility index (Phi) is 5.82. The van der Waals surface area contributed by atoms with Crippen LogP contribution in [0.4, 0.5) is 15.9 Å². The van der Waals surface area contributed by atoms with E-state index in [1.165, 1.54) is 22.9 Å². The van der Waals surface area contributed by atoms with Gasteiger partial charge in [0.15, 0.2) is 0 Å². The highest BCUT2D eigenvalue weighted by Crippen LogP contribution is 2.57. The summed E-state index contributed by atoms with van der Waals surface area (Å²) in [4.78, 5) is 13.2. The number of benzene rings is 2. The summed E-state index contributed by atoms with van der Waals surface area (Å²) in [5.41, 5.74) is 7.63. The van der Waals surface area contributed by atoms with Crippen molar-refractivity contribution in [2.75, 3.05) is 11.1 Å². The lowest BCUT2D eigenvalue weighted by molar-refractivity contribution is 0.0345. The summed E-state index contributed by atoms with van der Waals surface area (Å²) in [7, 11) is 1.71. The molecule has 34 heavy (non-hydrogen) atoms. The van der Waals surface area contributed by atoms with Crippen molar-refractivity contribution in [3.05, 3.63) is 75.1 Å². The second kappa shape index (κ2) is 8.56. The fourth-order valence-electron chi connectivity index (χ4n) is 5.73. The summed E-state index contributed by atoms with van der Waals surface area (Å²) in [5.74, 6) is 0.0121. The molecule has 0 saturated heterocycles. The normalized spacial score (nSPS) is 26.0. The van der Waals surface area contributed by atoms with E-state index in [0.717, 1.165) is 18.4 Å². The zero-order valence-electron chi connectivity index (χ0n) is 18.6. The second-order valence-electron chi connectivity index (χ2n) is 9.49. The van der Waals surface area contributed by atoms with Gasteiger partial charge in [0.25, 0.3) is 5.91 Å². The fraction of sp³-hybridized carbons (Fsp3) is 0.360. The second-order valence-corrected chi connectivity index (χ2v) is 10.3. The molecule has 2 aromatic carbocycles. The van der Waals surface area contributed by atoms with Gasteiger partial charge in [0.05, 0.1) is 16.3 Å². The third-order valence-corrected chi connectivity index (χ3v) is 7.87. The zero-order valence-corrected chi connectivity index (χ0v) is 20.1. The molecule has 5 rings (SSSR count). The standard InChI is InChI=1S/C25H25Cl2FN4O2/c1-32-23(29)21(24(33)30-18-6-7-20(28)19(27)10-18)22(31-32)13-8-14-11-25(34,12-15(14)9-13)16-2-4-17(26)5-3-16/h2-7,10,13-15,34H,8-9,11-12,29H2,1H3,(H,30,33). The molecule has 6 nitrogen and oxygen atoms in total. The first-order valence-electron chi connectivity index (χ1n) is 11.2. The number of fused-ring (bicyclic) bond motifs is 1. The molecule has 2 saturated carbocycles. The average molecular weight is 503 g/mol. The maximum absolute atomic E-state index is 13.5. The Morgan fingerprint density at radius 3 is 2.44 bits per heavy atom. The smallest absolute Gasteiger partial charge is 0.261 e. The number of hydrogen-bond acceptors (Lipinski definition) is 4. The van der Waals surface area contributed by atoms with Gasteiger partial charge < -0.3 is 16.2 Å². The van der Waals surface area contributed by atoms with E-state index in [2.05, 4.69) is 10.4 Å². The molecule has 9 heteroatoms. The molecule has 1 aromatic heterocycles. The number of anilines is 2. The summed E-state index contributed by atoms with van der Waals surface area (Å²) in [6.45, 7) is 0. The van der Waals surface area contributed by atoms with Crippen molar-refractivity contribution < 1.29 is 14.3 Å². The molecule has 2 aliphatic rings. The molecule has 3 aromatic rings. The highest BCUT2D eigenvalue weighted by Gasteiger charge is 2.50. The zero-order chi connectivity index (χ0) is 24.2. The van der Waals surface area contributed by atoms with Crippen LogP contribution in [0, 0.1) is 17.7 Å². The Hall–Kier alpha value is -2.61. The number of nitrogen functional groups attached to an aromatic ring is 1.